The largest absolute Gasteiger partial charge is 0.376 e. The van der Waals surface area contributed by atoms with Gasteiger partial charge in [-0.25, -0.2) is 4.39 Å². The number of hydrogen-bond donors (Lipinski definition) is 2. The van der Waals surface area contributed by atoms with Gasteiger partial charge < -0.3 is 10.6 Å². The van der Waals surface area contributed by atoms with E-state index in [9.17, 15) is 9.18 Å². The summed E-state index contributed by atoms with van der Waals surface area (Å²) < 4.78 is 13.1. The maximum Gasteiger partial charge on any atom is 0.239 e. The van der Waals surface area contributed by atoms with Crippen LogP contribution in [0.15, 0.2) is 48.5 Å². The van der Waals surface area contributed by atoms with Gasteiger partial charge in [-0.05, 0) is 36.6 Å². The predicted molar refractivity (Wildman–Crippen MR) is 82.8 cm³/mol. The Hall–Kier alpha value is -2.36. The van der Waals surface area contributed by atoms with Crippen LogP contribution in [-0.2, 0) is 11.2 Å². The number of benzene rings is 2. The van der Waals surface area contributed by atoms with E-state index < -0.39 is 0 Å². The summed E-state index contributed by atoms with van der Waals surface area (Å²) in [6, 6.07) is 14.5. The maximum atomic E-state index is 13.1. The monoisotopic (exact) mass is 286 g/mol. The van der Waals surface area contributed by atoms with Gasteiger partial charge in [-0.15, -0.1) is 0 Å². The number of aryl methyl sites for hydroxylation is 1. The Bertz CT molecular complexity index is 599. The summed E-state index contributed by atoms with van der Waals surface area (Å²) in [7, 11) is 0. The van der Waals surface area contributed by atoms with E-state index in [1.54, 1.807) is 6.07 Å². The summed E-state index contributed by atoms with van der Waals surface area (Å²) in [5.41, 5.74) is 2.74. The highest BCUT2D eigenvalue weighted by Gasteiger charge is 2.04. The molecule has 0 atom stereocenters. The molecule has 0 spiro atoms. The molecule has 1 amide bonds. The van der Waals surface area contributed by atoms with E-state index in [0.29, 0.717) is 12.2 Å². The zero-order valence-electron chi connectivity index (χ0n) is 12.0. The van der Waals surface area contributed by atoms with Crippen LogP contribution >= 0.6 is 0 Å². The quantitative estimate of drug-likeness (QED) is 0.857. The highest BCUT2D eigenvalue weighted by molar-refractivity contribution is 5.80. The minimum absolute atomic E-state index is 0.102. The van der Waals surface area contributed by atoms with Crippen LogP contribution in [0.5, 0.6) is 0 Å². The summed E-state index contributed by atoms with van der Waals surface area (Å²) in [5, 5.41) is 5.79. The number of halogens is 1. The number of rotatable bonds is 6. The average Bonchev–Trinajstić information content (AvgIpc) is 2.49. The molecule has 4 heteroatoms. The van der Waals surface area contributed by atoms with Gasteiger partial charge in [0.15, 0.2) is 0 Å². The van der Waals surface area contributed by atoms with E-state index >= 15 is 0 Å². The molecule has 0 aromatic heterocycles. The van der Waals surface area contributed by atoms with Gasteiger partial charge in [0.1, 0.15) is 5.82 Å². The van der Waals surface area contributed by atoms with Crippen molar-refractivity contribution in [1.82, 2.24) is 5.32 Å². The molecule has 21 heavy (non-hydrogen) atoms. The molecule has 2 aromatic carbocycles. The fraction of sp³-hybridized carbons (Fsp3) is 0.235. The molecule has 0 heterocycles. The molecule has 0 saturated heterocycles. The molecule has 3 nitrogen and oxygen atoms in total. The van der Waals surface area contributed by atoms with Gasteiger partial charge in [0.2, 0.25) is 5.91 Å². The van der Waals surface area contributed by atoms with E-state index in [1.165, 1.54) is 17.7 Å². The molecule has 0 aliphatic rings. The number of carbonyl (C=O) groups is 1. The number of carbonyl (C=O) groups excluding carboxylic acids is 1. The van der Waals surface area contributed by atoms with Crippen LogP contribution in [0.4, 0.5) is 10.1 Å². The first-order valence-corrected chi connectivity index (χ1v) is 6.96. The van der Waals surface area contributed by atoms with E-state index in [1.807, 2.05) is 37.3 Å². The third-order valence-corrected chi connectivity index (χ3v) is 3.22. The van der Waals surface area contributed by atoms with Crippen molar-refractivity contribution in [1.29, 1.82) is 0 Å². The summed E-state index contributed by atoms with van der Waals surface area (Å²) in [6.45, 7) is 2.60. The molecule has 0 radical (unpaired) electrons. The molecular formula is C17H19FN2O. The topological polar surface area (TPSA) is 41.1 Å². The predicted octanol–water partition coefficient (Wildman–Crippen LogP) is 2.90. The van der Waals surface area contributed by atoms with Crippen molar-refractivity contribution in [2.24, 2.45) is 0 Å². The van der Waals surface area contributed by atoms with Crippen molar-refractivity contribution in [2.75, 3.05) is 18.4 Å². The Balaban J connectivity index is 1.74. The SMILES string of the molecule is Cc1ccc(F)cc1NCC(=O)NCCc1ccccc1. The molecule has 2 aromatic rings. The minimum atomic E-state index is -0.312. The lowest BCUT2D eigenvalue weighted by Crippen LogP contribution is -2.31. The van der Waals surface area contributed by atoms with E-state index in [4.69, 9.17) is 0 Å². The van der Waals surface area contributed by atoms with Gasteiger partial charge >= 0.3 is 0 Å². The van der Waals surface area contributed by atoms with Crippen molar-refractivity contribution in [3.8, 4) is 0 Å². The summed E-state index contributed by atoms with van der Waals surface area (Å²) in [4.78, 5) is 11.7. The van der Waals surface area contributed by atoms with Crippen LogP contribution in [0.2, 0.25) is 0 Å². The van der Waals surface area contributed by atoms with Crippen LogP contribution in [0.25, 0.3) is 0 Å². The molecular weight excluding hydrogens is 267 g/mol. The van der Waals surface area contributed by atoms with Crippen molar-refractivity contribution >= 4 is 11.6 Å². The van der Waals surface area contributed by atoms with Crippen molar-refractivity contribution in [3.63, 3.8) is 0 Å². The van der Waals surface area contributed by atoms with Gasteiger partial charge in [-0.3, -0.25) is 4.79 Å². The Labute approximate surface area is 124 Å². The summed E-state index contributed by atoms with van der Waals surface area (Å²) >= 11 is 0. The van der Waals surface area contributed by atoms with Gasteiger partial charge in [0.05, 0.1) is 6.54 Å². The molecule has 0 fully saturated rings. The summed E-state index contributed by atoms with van der Waals surface area (Å²) in [5.74, 6) is -0.415. The van der Waals surface area contributed by atoms with Crippen LogP contribution < -0.4 is 10.6 Å². The first kappa shape index (κ1) is 15.0. The lowest BCUT2D eigenvalue weighted by molar-refractivity contribution is -0.119. The van der Waals surface area contributed by atoms with Gasteiger partial charge in [0, 0.05) is 12.2 Å². The highest BCUT2D eigenvalue weighted by Crippen LogP contribution is 2.15. The molecule has 2 N–H and O–H groups in total. The van der Waals surface area contributed by atoms with Crippen LogP contribution in [0, 0.1) is 12.7 Å². The van der Waals surface area contributed by atoms with Crippen LogP contribution in [0.1, 0.15) is 11.1 Å². The fourth-order valence-corrected chi connectivity index (χ4v) is 2.01. The average molecular weight is 286 g/mol. The molecule has 110 valence electrons. The Morgan fingerprint density at radius 1 is 1.14 bits per heavy atom. The lowest BCUT2D eigenvalue weighted by Gasteiger charge is -2.10. The number of nitrogens with one attached hydrogen (secondary N) is 2. The molecule has 0 aliphatic carbocycles. The fourth-order valence-electron chi connectivity index (χ4n) is 2.01. The molecule has 0 saturated carbocycles. The lowest BCUT2D eigenvalue weighted by atomic mass is 10.1. The molecule has 0 unspecified atom stereocenters. The number of anilines is 1. The first-order chi connectivity index (χ1) is 10.1. The van der Waals surface area contributed by atoms with Gasteiger partial charge in [0.25, 0.3) is 0 Å². The third-order valence-electron chi connectivity index (χ3n) is 3.22. The minimum Gasteiger partial charge on any atom is -0.376 e. The van der Waals surface area contributed by atoms with E-state index in [-0.39, 0.29) is 18.3 Å². The Morgan fingerprint density at radius 2 is 1.90 bits per heavy atom. The Morgan fingerprint density at radius 3 is 2.67 bits per heavy atom. The standard InChI is InChI=1S/C17H19FN2O/c1-13-7-8-15(18)11-16(13)20-12-17(21)19-10-9-14-5-3-2-4-6-14/h2-8,11,20H,9-10,12H2,1H3,(H,19,21). The van der Waals surface area contributed by atoms with Crippen LogP contribution in [0.3, 0.4) is 0 Å². The maximum absolute atomic E-state index is 13.1. The number of amides is 1. The highest BCUT2D eigenvalue weighted by atomic mass is 19.1. The first-order valence-electron chi connectivity index (χ1n) is 6.96. The number of hydrogen-bond acceptors (Lipinski definition) is 2. The summed E-state index contributed by atoms with van der Waals surface area (Å²) in [6.07, 6.45) is 0.797. The van der Waals surface area contributed by atoms with E-state index in [0.717, 1.165) is 12.0 Å². The second-order valence-electron chi connectivity index (χ2n) is 4.90. The van der Waals surface area contributed by atoms with Crippen molar-refractivity contribution in [3.05, 3.63) is 65.5 Å². The molecule has 2 rings (SSSR count). The smallest absolute Gasteiger partial charge is 0.239 e. The zero-order chi connectivity index (χ0) is 15.1. The second-order valence-corrected chi connectivity index (χ2v) is 4.90. The van der Waals surface area contributed by atoms with Crippen molar-refractivity contribution in [2.45, 2.75) is 13.3 Å². The Kier molecular flexibility index (Phi) is 5.32. The van der Waals surface area contributed by atoms with Crippen molar-refractivity contribution < 1.29 is 9.18 Å². The van der Waals surface area contributed by atoms with E-state index in [2.05, 4.69) is 10.6 Å². The normalized spacial score (nSPS) is 10.2. The van der Waals surface area contributed by atoms with Crippen LogP contribution in [-0.4, -0.2) is 19.0 Å². The molecule has 0 aliphatic heterocycles. The second kappa shape index (κ2) is 7.43. The van der Waals surface area contributed by atoms with Gasteiger partial charge in [-0.2, -0.15) is 0 Å². The zero-order valence-corrected chi connectivity index (χ0v) is 12.0. The molecule has 0 bridgehead atoms. The third kappa shape index (κ3) is 4.91. The van der Waals surface area contributed by atoms with Gasteiger partial charge in [-0.1, -0.05) is 36.4 Å².